The molecule has 2 aliphatic heterocycles. The van der Waals surface area contributed by atoms with E-state index in [1.807, 2.05) is 13.0 Å². The van der Waals surface area contributed by atoms with Gasteiger partial charge >= 0.3 is 6.09 Å². The second-order valence-electron chi connectivity index (χ2n) is 9.46. The fraction of sp³-hybridized carbons (Fsp3) is 0.519. The number of aromatic hydroxyl groups is 1. The van der Waals surface area contributed by atoms with E-state index in [0.29, 0.717) is 29.9 Å². The molecule has 7 nitrogen and oxygen atoms in total. The zero-order chi connectivity index (χ0) is 25.3. The summed E-state index contributed by atoms with van der Waals surface area (Å²) >= 11 is 0. The number of carbonyl (C=O) groups is 3. The number of hydrogen-bond donors (Lipinski definition) is 1. The molecule has 0 radical (unpaired) electrons. The van der Waals surface area contributed by atoms with Crippen molar-refractivity contribution in [3.63, 3.8) is 0 Å². The van der Waals surface area contributed by atoms with Gasteiger partial charge in [0.2, 0.25) is 11.8 Å². The van der Waals surface area contributed by atoms with Crippen molar-refractivity contribution in [1.82, 2.24) is 4.90 Å². The van der Waals surface area contributed by atoms with Crippen molar-refractivity contribution < 1.29 is 33.4 Å². The van der Waals surface area contributed by atoms with Gasteiger partial charge in [-0.1, -0.05) is 43.6 Å². The van der Waals surface area contributed by atoms with Gasteiger partial charge in [0.1, 0.15) is 0 Å². The summed E-state index contributed by atoms with van der Waals surface area (Å²) in [7, 11) is 1.16. The number of ether oxygens (including phenoxy) is 2. The summed E-state index contributed by atoms with van der Waals surface area (Å²) in [6.45, 7) is 4.46. The van der Waals surface area contributed by atoms with E-state index >= 15 is 0 Å². The quantitative estimate of drug-likeness (QED) is 0.432. The van der Waals surface area contributed by atoms with E-state index in [4.69, 9.17) is 4.74 Å². The Labute approximate surface area is 204 Å². The molecule has 1 aromatic rings. The van der Waals surface area contributed by atoms with E-state index in [0.717, 1.165) is 49.5 Å². The van der Waals surface area contributed by atoms with Crippen molar-refractivity contribution in [3.05, 3.63) is 46.3 Å². The van der Waals surface area contributed by atoms with Gasteiger partial charge in [0, 0.05) is 5.92 Å². The summed E-state index contributed by atoms with van der Waals surface area (Å²) in [4.78, 5) is 38.8. The van der Waals surface area contributed by atoms with Crippen LogP contribution < -0.4 is 0 Å². The smallest absolute Gasteiger partial charge is 0.423 e. The first-order chi connectivity index (χ1) is 16.8. The molecular weight excluding hydrogens is 453 g/mol. The van der Waals surface area contributed by atoms with Gasteiger partial charge in [-0.3, -0.25) is 9.59 Å². The van der Waals surface area contributed by atoms with Gasteiger partial charge in [-0.2, -0.15) is 4.90 Å². The Bertz CT molecular complexity index is 1090. The van der Waals surface area contributed by atoms with Crippen LogP contribution in [0.2, 0.25) is 0 Å². The Morgan fingerprint density at radius 3 is 2.69 bits per heavy atom. The third-order valence-corrected chi connectivity index (χ3v) is 7.44. The lowest BCUT2D eigenvalue weighted by Gasteiger charge is -2.31. The summed E-state index contributed by atoms with van der Waals surface area (Å²) < 4.78 is 24.6. The van der Waals surface area contributed by atoms with Crippen LogP contribution in [0.5, 0.6) is 5.75 Å². The molecule has 0 unspecified atom stereocenters. The number of allylic oxidation sites excluding steroid dienone is 2. The number of carbonyl (C=O) groups excluding carboxylic acids is 3. The molecule has 2 heterocycles. The van der Waals surface area contributed by atoms with Gasteiger partial charge in [-0.05, 0) is 55.4 Å². The molecule has 2 fully saturated rings. The molecule has 3 aliphatic rings. The summed E-state index contributed by atoms with van der Waals surface area (Å²) in [6.07, 6.45) is 5.25. The zero-order valence-electron chi connectivity index (χ0n) is 20.4. The summed E-state index contributed by atoms with van der Waals surface area (Å²) in [5.41, 5.74) is 4.09. The van der Waals surface area contributed by atoms with Gasteiger partial charge < -0.3 is 14.6 Å². The third kappa shape index (κ3) is 4.63. The molecule has 188 valence electrons. The molecule has 3 amide bonds. The lowest BCUT2D eigenvalue weighted by atomic mass is 9.68. The number of methoxy groups -OCH3 is 1. The third-order valence-electron chi connectivity index (χ3n) is 7.44. The molecule has 1 N–H and O–H groups in total. The average Bonchev–Trinajstić information content (AvgIpc) is 3.37. The normalized spacial score (nSPS) is 26.3. The molecule has 35 heavy (non-hydrogen) atoms. The fourth-order valence-electron chi connectivity index (χ4n) is 5.80. The Kier molecular flexibility index (Phi) is 7.40. The number of halogens is 1. The SMILES string of the molecule is CCCC1=C2[C@@H](CC/C(=C/c3ccc(O)c(F)c3)CC)OC[C@@H]2[C@@H]2C(=O)N(C(=O)OC)C(=O)[C@@H]2C1. The first-order valence-electron chi connectivity index (χ1n) is 12.3. The maximum atomic E-state index is 13.7. The molecule has 1 aromatic carbocycles. The number of fused-ring (bicyclic) bond motifs is 3. The first kappa shape index (κ1) is 25.1. The monoisotopic (exact) mass is 485 g/mol. The fourth-order valence-corrected chi connectivity index (χ4v) is 5.80. The van der Waals surface area contributed by atoms with Crippen LogP contribution in [0.25, 0.3) is 6.08 Å². The molecule has 4 atom stereocenters. The minimum Gasteiger partial charge on any atom is -0.505 e. The van der Waals surface area contributed by atoms with Crippen LogP contribution in [0.3, 0.4) is 0 Å². The zero-order valence-corrected chi connectivity index (χ0v) is 20.4. The predicted octanol–water partition coefficient (Wildman–Crippen LogP) is 4.99. The minimum atomic E-state index is -0.924. The molecular formula is C27H32FNO6. The number of benzene rings is 1. The molecule has 0 saturated carbocycles. The molecule has 4 rings (SSSR count). The molecule has 8 heteroatoms. The van der Waals surface area contributed by atoms with E-state index in [1.54, 1.807) is 6.07 Å². The molecule has 2 saturated heterocycles. The topological polar surface area (TPSA) is 93.1 Å². The van der Waals surface area contributed by atoms with Crippen LogP contribution in [0.4, 0.5) is 9.18 Å². The maximum Gasteiger partial charge on any atom is 0.423 e. The second-order valence-corrected chi connectivity index (χ2v) is 9.46. The Hall–Kier alpha value is -3.00. The van der Waals surface area contributed by atoms with Crippen LogP contribution in [-0.2, 0) is 19.1 Å². The Morgan fingerprint density at radius 2 is 2.03 bits per heavy atom. The van der Waals surface area contributed by atoms with Gasteiger partial charge in [-0.25, -0.2) is 9.18 Å². The number of rotatable bonds is 7. The highest BCUT2D eigenvalue weighted by Gasteiger charge is 2.58. The average molecular weight is 486 g/mol. The van der Waals surface area contributed by atoms with Crippen LogP contribution >= 0.6 is 0 Å². The van der Waals surface area contributed by atoms with E-state index in [1.165, 1.54) is 12.1 Å². The highest BCUT2D eigenvalue weighted by atomic mass is 19.1. The molecule has 1 aliphatic carbocycles. The Balaban J connectivity index is 1.56. The van der Waals surface area contributed by atoms with Gasteiger partial charge in [0.15, 0.2) is 11.6 Å². The second kappa shape index (κ2) is 10.3. The van der Waals surface area contributed by atoms with Crippen molar-refractivity contribution in [3.8, 4) is 5.75 Å². The first-order valence-corrected chi connectivity index (χ1v) is 12.3. The number of hydrogen-bond acceptors (Lipinski definition) is 6. The number of phenols is 1. The number of phenolic OH excluding ortho intramolecular Hbond substituents is 1. The van der Waals surface area contributed by atoms with E-state index in [2.05, 4.69) is 11.7 Å². The van der Waals surface area contributed by atoms with Gasteiger partial charge in [-0.15, -0.1) is 0 Å². The lowest BCUT2D eigenvalue weighted by molar-refractivity contribution is -0.137. The number of amides is 3. The van der Waals surface area contributed by atoms with E-state index in [9.17, 15) is 23.9 Å². The standard InChI is InChI=1S/C27H32FNO6/c1-4-6-17-13-18-24(26(32)29(25(18)31)27(33)34-3)19-14-35-22(23(17)19)10-8-15(5-2)11-16-7-9-21(30)20(28)12-16/h7,9,11-12,18-19,22,24,30H,4-6,8,10,13-14H2,1-3H3/b15-11+/t18-,19+,22-,24-/m1/s1. The van der Waals surface area contributed by atoms with Gasteiger partial charge in [0.25, 0.3) is 0 Å². The number of imide groups is 3. The predicted molar refractivity (Wildman–Crippen MR) is 127 cm³/mol. The van der Waals surface area contributed by atoms with Gasteiger partial charge in [0.05, 0.1) is 31.7 Å². The van der Waals surface area contributed by atoms with Crippen molar-refractivity contribution in [2.45, 2.75) is 58.5 Å². The van der Waals surface area contributed by atoms with Crippen molar-refractivity contribution in [2.75, 3.05) is 13.7 Å². The highest BCUT2D eigenvalue weighted by Crippen LogP contribution is 2.50. The molecule has 0 spiro atoms. The van der Waals surface area contributed by atoms with E-state index < -0.39 is 35.6 Å². The summed E-state index contributed by atoms with van der Waals surface area (Å²) in [5, 5.41) is 9.43. The van der Waals surface area contributed by atoms with Crippen LogP contribution in [0.15, 0.2) is 34.9 Å². The Morgan fingerprint density at radius 1 is 1.26 bits per heavy atom. The largest absolute Gasteiger partial charge is 0.505 e. The highest BCUT2D eigenvalue weighted by molar-refractivity contribution is 6.16. The molecule has 0 aromatic heterocycles. The van der Waals surface area contributed by atoms with Crippen LogP contribution in [0, 0.1) is 23.6 Å². The maximum absolute atomic E-state index is 13.7. The number of likely N-dealkylation sites (tertiary alicyclic amines) is 1. The lowest BCUT2D eigenvalue weighted by Crippen LogP contribution is -2.38. The van der Waals surface area contributed by atoms with Crippen molar-refractivity contribution >= 4 is 24.0 Å². The van der Waals surface area contributed by atoms with Crippen molar-refractivity contribution in [1.29, 1.82) is 0 Å². The van der Waals surface area contributed by atoms with Crippen LogP contribution in [0.1, 0.15) is 57.9 Å². The van der Waals surface area contributed by atoms with Crippen molar-refractivity contribution in [2.24, 2.45) is 17.8 Å². The number of nitrogens with zero attached hydrogens (tertiary/aromatic N) is 1. The summed E-state index contributed by atoms with van der Waals surface area (Å²) in [6, 6.07) is 4.33. The summed E-state index contributed by atoms with van der Waals surface area (Å²) in [5.74, 6) is -3.34. The molecule has 0 bridgehead atoms. The van der Waals surface area contributed by atoms with Crippen LogP contribution in [-0.4, -0.2) is 47.7 Å². The van der Waals surface area contributed by atoms with E-state index in [-0.39, 0.29) is 17.8 Å². The minimum absolute atomic E-state index is 0.163.